The lowest BCUT2D eigenvalue weighted by atomic mass is 10.1. The summed E-state index contributed by atoms with van der Waals surface area (Å²) in [6.07, 6.45) is 3.05. The molecule has 0 saturated carbocycles. The Morgan fingerprint density at radius 2 is 1.59 bits per heavy atom. The van der Waals surface area contributed by atoms with Crippen molar-refractivity contribution in [1.29, 1.82) is 0 Å². The molecule has 29 heavy (non-hydrogen) atoms. The number of anilines is 4. The van der Waals surface area contributed by atoms with Crippen molar-refractivity contribution in [3.05, 3.63) is 71.7 Å². The fraction of sp³-hybridized carbons (Fsp3) is 0.261. The maximum atomic E-state index is 12.5. The summed E-state index contributed by atoms with van der Waals surface area (Å²) in [4.78, 5) is 23.4. The van der Waals surface area contributed by atoms with E-state index in [0.29, 0.717) is 5.82 Å². The van der Waals surface area contributed by atoms with Crippen LogP contribution in [0.25, 0.3) is 0 Å². The lowest BCUT2D eigenvalue weighted by Gasteiger charge is -2.21. The standard InChI is InChI=1S/C23H27N5O/c1-5-28(6-2)19-12-10-18(11-13-19)26-21-15-24-20(14-25-21)23(29)27-22-16(3)8-7-9-17(22)4/h7-15H,5-6H2,1-4H3,(H,25,26)(H,27,29). The van der Waals surface area contributed by atoms with E-state index >= 15 is 0 Å². The van der Waals surface area contributed by atoms with Gasteiger partial charge in [0.2, 0.25) is 0 Å². The molecule has 2 N–H and O–H groups in total. The van der Waals surface area contributed by atoms with Crippen molar-refractivity contribution in [2.45, 2.75) is 27.7 Å². The topological polar surface area (TPSA) is 70.2 Å². The minimum Gasteiger partial charge on any atom is -0.372 e. The minimum absolute atomic E-state index is 0.273. The molecule has 2 aromatic carbocycles. The fourth-order valence-electron chi connectivity index (χ4n) is 3.19. The second-order valence-electron chi connectivity index (χ2n) is 6.85. The Bertz CT molecular complexity index is 943. The molecule has 0 spiro atoms. The van der Waals surface area contributed by atoms with Crippen molar-refractivity contribution in [2.24, 2.45) is 0 Å². The molecule has 0 aliphatic rings. The number of nitrogens with zero attached hydrogens (tertiary/aromatic N) is 3. The van der Waals surface area contributed by atoms with Crippen LogP contribution in [0.1, 0.15) is 35.5 Å². The van der Waals surface area contributed by atoms with Crippen LogP contribution >= 0.6 is 0 Å². The molecule has 6 nitrogen and oxygen atoms in total. The van der Waals surface area contributed by atoms with E-state index in [1.807, 2.05) is 44.2 Å². The van der Waals surface area contributed by atoms with E-state index in [0.717, 1.165) is 35.6 Å². The number of para-hydroxylation sites is 1. The van der Waals surface area contributed by atoms with Crippen LogP contribution in [-0.2, 0) is 0 Å². The Balaban J connectivity index is 1.66. The Morgan fingerprint density at radius 1 is 0.931 bits per heavy atom. The molecule has 0 atom stereocenters. The zero-order valence-corrected chi connectivity index (χ0v) is 17.4. The first kappa shape index (κ1) is 20.3. The second-order valence-corrected chi connectivity index (χ2v) is 6.85. The summed E-state index contributed by atoms with van der Waals surface area (Å²) in [6.45, 7) is 10.2. The molecule has 0 aliphatic heterocycles. The van der Waals surface area contributed by atoms with Gasteiger partial charge >= 0.3 is 0 Å². The van der Waals surface area contributed by atoms with Gasteiger partial charge in [0.1, 0.15) is 11.5 Å². The lowest BCUT2D eigenvalue weighted by Crippen LogP contribution is -2.21. The molecule has 150 valence electrons. The van der Waals surface area contributed by atoms with Gasteiger partial charge in [-0.2, -0.15) is 0 Å². The summed E-state index contributed by atoms with van der Waals surface area (Å²) in [6, 6.07) is 14.1. The van der Waals surface area contributed by atoms with Crippen LogP contribution in [0.15, 0.2) is 54.9 Å². The third kappa shape index (κ3) is 4.90. The Kier molecular flexibility index (Phi) is 6.44. The molecule has 3 rings (SSSR count). The summed E-state index contributed by atoms with van der Waals surface area (Å²) in [7, 11) is 0. The van der Waals surface area contributed by atoms with Gasteiger partial charge in [0, 0.05) is 30.2 Å². The normalized spacial score (nSPS) is 10.5. The van der Waals surface area contributed by atoms with E-state index in [-0.39, 0.29) is 11.6 Å². The van der Waals surface area contributed by atoms with Crippen LogP contribution in [0, 0.1) is 13.8 Å². The van der Waals surface area contributed by atoms with Gasteiger partial charge in [-0.05, 0) is 63.1 Å². The Morgan fingerprint density at radius 3 is 2.14 bits per heavy atom. The molecule has 1 amide bonds. The van der Waals surface area contributed by atoms with E-state index < -0.39 is 0 Å². The van der Waals surface area contributed by atoms with Crippen molar-refractivity contribution in [3.63, 3.8) is 0 Å². The number of amides is 1. The number of rotatable bonds is 7. The number of carbonyl (C=O) groups is 1. The SMILES string of the molecule is CCN(CC)c1ccc(Nc2cnc(C(=O)Nc3c(C)cccc3C)cn2)cc1. The van der Waals surface area contributed by atoms with E-state index in [4.69, 9.17) is 0 Å². The van der Waals surface area contributed by atoms with Crippen LogP contribution < -0.4 is 15.5 Å². The van der Waals surface area contributed by atoms with Gasteiger partial charge in [0.25, 0.3) is 5.91 Å². The van der Waals surface area contributed by atoms with Gasteiger partial charge in [-0.3, -0.25) is 4.79 Å². The molecule has 0 saturated heterocycles. The first-order valence-electron chi connectivity index (χ1n) is 9.83. The van der Waals surface area contributed by atoms with Gasteiger partial charge in [0.15, 0.2) is 0 Å². The fourth-order valence-corrected chi connectivity index (χ4v) is 3.19. The molecule has 3 aromatic rings. The zero-order chi connectivity index (χ0) is 20.8. The maximum Gasteiger partial charge on any atom is 0.275 e. The molecule has 0 aliphatic carbocycles. The summed E-state index contributed by atoms with van der Waals surface area (Å²) in [5.74, 6) is 0.314. The molecule has 1 heterocycles. The minimum atomic E-state index is -0.273. The highest BCUT2D eigenvalue weighted by molar-refractivity contribution is 6.03. The van der Waals surface area contributed by atoms with Gasteiger partial charge in [-0.1, -0.05) is 18.2 Å². The second kappa shape index (κ2) is 9.19. The van der Waals surface area contributed by atoms with Crippen molar-refractivity contribution in [3.8, 4) is 0 Å². The van der Waals surface area contributed by atoms with E-state index in [1.54, 1.807) is 6.20 Å². The molecule has 6 heteroatoms. The summed E-state index contributed by atoms with van der Waals surface area (Å²) in [5, 5.41) is 6.14. The predicted octanol–water partition coefficient (Wildman–Crippen LogP) is 4.94. The van der Waals surface area contributed by atoms with Crippen molar-refractivity contribution in [2.75, 3.05) is 28.6 Å². The van der Waals surface area contributed by atoms with Crippen LogP contribution in [0.4, 0.5) is 22.9 Å². The number of aromatic nitrogens is 2. The lowest BCUT2D eigenvalue weighted by molar-refractivity contribution is 0.102. The monoisotopic (exact) mass is 389 g/mol. The van der Waals surface area contributed by atoms with Gasteiger partial charge in [-0.25, -0.2) is 9.97 Å². The Hall–Kier alpha value is -3.41. The quantitative estimate of drug-likeness (QED) is 0.599. The number of nitrogens with one attached hydrogen (secondary N) is 2. The average molecular weight is 390 g/mol. The number of hydrogen-bond acceptors (Lipinski definition) is 5. The summed E-state index contributed by atoms with van der Waals surface area (Å²) >= 11 is 0. The first-order valence-corrected chi connectivity index (χ1v) is 9.83. The highest BCUT2D eigenvalue weighted by atomic mass is 16.1. The van der Waals surface area contributed by atoms with Crippen LogP contribution in [-0.4, -0.2) is 29.0 Å². The molecular weight excluding hydrogens is 362 g/mol. The highest BCUT2D eigenvalue weighted by Gasteiger charge is 2.11. The molecular formula is C23H27N5O. The van der Waals surface area contributed by atoms with Crippen LogP contribution in [0.3, 0.4) is 0 Å². The molecule has 0 unspecified atom stereocenters. The number of aryl methyl sites for hydroxylation is 2. The smallest absolute Gasteiger partial charge is 0.275 e. The highest BCUT2D eigenvalue weighted by Crippen LogP contribution is 2.21. The van der Waals surface area contributed by atoms with E-state index in [9.17, 15) is 4.79 Å². The third-order valence-electron chi connectivity index (χ3n) is 4.87. The van der Waals surface area contributed by atoms with Gasteiger partial charge in [0.05, 0.1) is 12.4 Å². The predicted molar refractivity (Wildman–Crippen MR) is 119 cm³/mol. The number of benzene rings is 2. The molecule has 0 bridgehead atoms. The van der Waals surface area contributed by atoms with Gasteiger partial charge in [-0.15, -0.1) is 0 Å². The maximum absolute atomic E-state index is 12.5. The van der Waals surface area contributed by atoms with Gasteiger partial charge < -0.3 is 15.5 Å². The number of hydrogen-bond donors (Lipinski definition) is 2. The number of carbonyl (C=O) groups excluding carboxylic acids is 1. The third-order valence-corrected chi connectivity index (χ3v) is 4.87. The van der Waals surface area contributed by atoms with Crippen molar-refractivity contribution < 1.29 is 4.79 Å². The first-order chi connectivity index (χ1) is 14.0. The zero-order valence-electron chi connectivity index (χ0n) is 17.4. The molecule has 0 radical (unpaired) electrons. The summed E-state index contributed by atoms with van der Waals surface area (Å²) < 4.78 is 0. The average Bonchev–Trinajstić information content (AvgIpc) is 2.73. The van der Waals surface area contributed by atoms with Crippen molar-refractivity contribution >= 4 is 28.8 Å². The van der Waals surface area contributed by atoms with E-state index in [1.165, 1.54) is 11.9 Å². The summed E-state index contributed by atoms with van der Waals surface area (Å²) in [5.41, 5.74) is 5.22. The van der Waals surface area contributed by atoms with Crippen LogP contribution in [0.5, 0.6) is 0 Å². The molecule has 1 aromatic heterocycles. The van der Waals surface area contributed by atoms with Crippen molar-refractivity contribution in [1.82, 2.24) is 9.97 Å². The van der Waals surface area contributed by atoms with Crippen LogP contribution in [0.2, 0.25) is 0 Å². The molecule has 0 fully saturated rings. The van der Waals surface area contributed by atoms with E-state index in [2.05, 4.69) is 51.5 Å². The Labute approximate surface area is 172 Å². The largest absolute Gasteiger partial charge is 0.372 e.